The van der Waals surface area contributed by atoms with Crippen LogP contribution in [0.2, 0.25) is 0 Å². The van der Waals surface area contributed by atoms with Crippen molar-refractivity contribution in [1.29, 1.82) is 0 Å². The summed E-state index contributed by atoms with van der Waals surface area (Å²) in [6.45, 7) is 1.01. The minimum absolute atomic E-state index is 0.226. The smallest absolute Gasteiger partial charge is 0.118 e. The molecule has 0 aromatic heterocycles. The number of hydrogen-bond acceptors (Lipinski definition) is 3. The Hall–Kier alpha value is -2.13. The van der Waals surface area contributed by atoms with Gasteiger partial charge in [0.05, 0.1) is 24.6 Å². The molecule has 0 aliphatic carbocycles. The lowest BCUT2D eigenvalue weighted by atomic mass is 9.88. The Labute approximate surface area is 124 Å². The third-order valence-electron chi connectivity index (χ3n) is 4.43. The van der Waals surface area contributed by atoms with E-state index in [2.05, 4.69) is 41.7 Å². The SMILES string of the molecule is COc1ccc([C@H]2NCCC3=c4ccccc4=N[C@H]32)cc1. The van der Waals surface area contributed by atoms with Gasteiger partial charge in [0.15, 0.2) is 0 Å². The maximum atomic E-state index is 5.24. The maximum Gasteiger partial charge on any atom is 0.118 e. The molecular weight excluding hydrogens is 260 g/mol. The van der Waals surface area contributed by atoms with Crippen LogP contribution in [0.5, 0.6) is 5.75 Å². The molecule has 1 saturated heterocycles. The Bertz CT molecular complexity index is 780. The second kappa shape index (κ2) is 5.01. The fourth-order valence-corrected chi connectivity index (χ4v) is 3.39. The van der Waals surface area contributed by atoms with Crippen molar-refractivity contribution in [3.8, 4) is 5.75 Å². The molecule has 21 heavy (non-hydrogen) atoms. The number of nitrogens with zero attached hydrogens (tertiary/aromatic N) is 1. The summed E-state index contributed by atoms with van der Waals surface area (Å²) in [6.07, 6.45) is 1.08. The van der Waals surface area contributed by atoms with Crippen LogP contribution in [-0.2, 0) is 0 Å². The third kappa shape index (κ3) is 2.05. The molecule has 0 unspecified atom stereocenters. The van der Waals surface area contributed by atoms with Gasteiger partial charge < -0.3 is 10.1 Å². The molecule has 0 spiro atoms. The number of fused-ring (bicyclic) bond motifs is 2. The van der Waals surface area contributed by atoms with E-state index >= 15 is 0 Å². The highest BCUT2D eigenvalue weighted by molar-refractivity contribution is 5.57. The van der Waals surface area contributed by atoms with Gasteiger partial charge in [-0.15, -0.1) is 0 Å². The van der Waals surface area contributed by atoms with Crippen molar-refractivity contribution >= 4 is 5.57 Å². The van der Waals surface area contributed by atoms with E-state index in [0.29, 0.717) is 0 Å². The van der Waals surface area contributed by atoms with Crippen molar-refractivity contribution in [3.63, 3.8) is 0 Å². The average molecular weight is 278 g/mol. The Balaban J connectivity index is 1.76. The summed E-state index contributed by atoms with van der Waals surface area (Å²) < 4.78 is 5.24. The molecule has 2 aromatic carbocycles. The monoisotopic (exact) mass is 278 g/mol. The van der Waals surface area contributed by atoms with Crippen LogP contribution in [0, 0.1) is 0 Å². The first kappa shape index (κ1) is 12.6. The summed E-state index contributed by atoms with van der Waals surface area (Å²) in [5.41, 5.74) is 2.75. The number of methoxy groups -OCH3 is 1. The largest absolute Gasteiger partial charge is 0.497 e. The molecule has 3 nitrogen and oxygen atoms in total. The molecule has 2 aromatic rings. The number of nitrogens with one attached hydrogen (secondary N) is 1. The first-order valence-electron chi connectivity index (χ1n) is 7.40. The van der Waals surface area contributed by atoms with Crippen molar-refractivity contribution in [2.75, 3.05) is 13.7 Å². The van der Waals surface area contributed by atoms with E-state index < -0.39 is 0 Å². The van der Waals surface area contributed by atoms with Gasteiger partial charge in [-0.1, -0.05) is 30.3 Å². The molecule has 1 N–H and O–H groups in total. The predicted octanol–water partition coefficient (Wildman–Crippen LogP) is 1.58. The molecule has 3 heteroatoms. The van der Waals surface area contributed by atoms with Gasteiger partial charge in [-0.05, 0) is 42.3 Å². The Morgan fingerprint density at radius 2 is 1.90 bits per heavy atom. The van der Waals surface area contributed by atoms with Crippen molar-refractivity contribution in [2.24, 2.45) is 4.99 Å². The third-order valence-corrected chi connectivity index (χ3v) is 4.43. The van der Waals surface area contributed by atoms with Gasteiger partial charge in [-0.2, -0.15) is 0 Å². The minimum Gasteiger partial charge on any atom is -0.497 e. The van der Waals surface area contributed by atoms with Gasteiger partial charge in [0, 0.05) is 5.22 Å². The van der Waals surface area contributed by atoms with E-state index in [9.17, 15) is 0 Å². The first-order chi connectivity index (χ1) is 10.4. The Morgan fingerprint density at radius 1 is 1.10 bits per heavy atom. The van der Waals surface area contributed by atoms with Gasteiger partial charge in [0.2, 0.25) is 0 Å². The predicted molar refractivity (Wildman–Crippen MR) is 82.8 cm³/mol. The lowest BCUT2D eigenvalue weighted by Crippen LogP contribution is -2.38. The van der Waals surface area contributed by atoms with Gasteiger partial charge in [0.1, 0.15) is 5.75 Å². The molecule has 0 radical (unpaired) electrons. The lowest BCUT2D eigenvalue weighted by Gasteiger charge is -2.31. The fraction of sp³-hybridized carbons (Fsp3) is 0.278. The molecule has 2 atom stereocenters. The standard InChI is InChI=1S/C18H18N2O/c1-21-13-8-6-12(7-9-13)17-18-15(10-11-19-17)14-4-2-3-5-16(14)20-18/h2-9,17-19H,10-11H2,1H3/t17-,18-/m1/s1. The van der Waals surface area contributed by atoms with Crippen LogP contribution in [0.15, 0.2) is 53.5 Å². The second-order valence-electron chi connectivity index (χ2n) is 5.57. The number of ether oxygens (including phenoxy) is 1. The number of piperidine rings is 1. The molecule has 1 fully saturated rings. The topological polar surface area (TPSA) is 33.6 Å². The van der Waals surface area contributed by atoms with E-state index in [4.69, 9.17) is 9.73 Å². The van der Waals surface area contributed by atoms with Crippen LogP contribution >= 0.6 is 0 Å². The van der Waals surface area contributed by atoms with E-state index in [1.807, 2.05) is 12.1 Å². The first-order valence-corrected chi connectivity index (χ1v) is 7.40. The van der Waals surface area contributed by atoms with Gasteiger partial charge >= 0.3 is 0 Å². The van der Waals surface area contributed by atoms with Crippen molar-refractivity contribution in [3.05, 3.63) is 64.7 Å². The minimum atomic E-state index is 0.226. The zero-order valence-electron chi connectivity index (χ0n) is 12.0. The van der Waals surface area contributed by atoms with Crippen molar-refractivity contribution < 1.29 is 4.74 Å². The fourth-order valence-electron chi connectivity index (χ4n) is 3.39. The quantitative estimate of drug-likeness (QED) is 0.905. The average Bonchev–Trinajstić information content (AvgIpc) is 2.94. The molecule has 0 bridgehead atoms. The summed E-state index contributed by atoms with van der Waals surface area (Å²) in [5.74, 6) is 0.894. The van der Waals surface area contributed by atoms with Crippen LogP contribution in [0.25, 0.3) is 5.57 Å². The normalized spacial score (nSPS) is 23.2. The van der Waals surface area contributed by atoms with Crippen LogP contribution in [-0.4, -0.2) is 19.7 Å². The maximum absolute atomic E-state index is 5.24. The molecule has 2 heterocycles. The van der Waals surface area contributed by atoms with Crippen molar-refractivity contribution in [2.45, 2.75) is 18.5 Å². The molecule has 2 aliphatic rings. The highest BCUT2D eigenvalue weighted by atomic mass is 16.5. The summed E-state index contributed by atoms with van der Waals surface area (Å²) in [4.78, 5) is 4.94. The van der Waals surface area contributed by atoms with Crippen molar-refractivity contribution in [1.82, 2.24) is 5.32 Å². The van der Waals surface area contributed by atoms with Gasteiger partial charge in [-0.25, -0.2) is 0 Å². The van der Waals surface area contributed by atoms with Crippen LogP contribution in [0.1, 0.15) is 18.0 Å². The van der Waals surface area contributed by atoms with Crippen LogP contribution < -0.4 is 20.6 Å². The lowest BCUT2D eigenvalue weighted by molar-refractivity contribution is 0.413. The van der Waals surface area contributed by atoms with E-state index in [-0.39, 0.29) is 12.1 Å². The van der Waals surface area contributed by atoms with E-state index in [1.165, 1.54) is 16.4 Å². The number of benzene rings is 2. The zero-order chi connectivity index (χ0) is 14.2. The Morgan fingerprint density at radius 3 is 2.71 bits per heavy atom. The van der Waals surface area contributed by atoms with Crippen LogP contribution in [0.3, 0.4) is 0 Å². The summed E-state index contributed by atoms with van der Waals surface area (Å²) in [7, 11) is 1.70. The molecule has 0 amide bonds. The number of para-hydroxylation sites is 1. The van der Waals surface area contributed by atoms with Crippen LogP contribution in [0.4, 0.5) is 0 Å². The second-order valence-corrected chi connectivity index (χ2v) is 5.57. The summed E-state index contributed by atoms with van der Waals surface area (Å²) in [5, 5.41) is 6.10. The van der Waals surface area contributed by atoms with E-state index in [1.54, 1.807) is 7.11 Å². The van der Waals surface area contributed by atoms with Gasteiger partial charge in [-0.3, -0.25) is 4.99 Å². The zero-order valence-corrected chi connectivity index (χ0v) is 12.0. The van der Waals surface area contributed by atoms with Gasteiger partial charge in [0.25, 0.3) is 0 Å². The summed E-state index contributed by atoms with van der Waals surface area (Å²) in [6, 6.07) is 17.3. The number of hydrogen-bond donors (Lipinski definition) is 1. The highest BCUT2D eigenvalue weighted by Crippen LogP contribution is 2.31. The molecule has 4 rings (SSSR count). The van der Waals surface area contributed by atoms with E-state index in [0.717, 1.165) is 24.1 Å². The Kier molecular flexibility index (Phi) is 3.00. The highest BCUT2D eigenvalue weighted by Gasteiger charge is 2.32. The number of rotatable bonds is 2. The molecular formula is C18H18N2O. The summed E-state index contributed by atoms with van der Waals surface area (Å²) >= 11 is 0. The molecule has 0 saturated carbocycles. The molecule has 2 aliphatic heterocycles. The molecule has 106 valence electrons.